The molecule has 0 atom stereocenters. The van der Waals surface area contributed by atoms with Crippen LogP contribution >= 0.6 is 0 Å². The van der Waals surface area contributed by atoms with Crippen LogP contribution in [0.4, 0.5) is 16.2 Å². The minimum Gasteiger partial charge on any atom is -0.493 e. The third kappa shape index (κ3) is 5.51. The molecule has 0 bridgehead atoms. The first-order valence-electron chi connectivity index (χ1n) is 8.31. The zero-order valence-corrected chi connectivity index (χ0v) is 15.5. The van der Waals surface area contributed by atoms with Crippen LogP contribution < -0.4 is 15.0 Å². The normalized spacial score (nSPS) is 10.2. The van der Waals surface area contributed by atoms with Crippen LogP contribution in [0.15, 0.2) is 42.5 Å². The molecule has 0 heterocycles. The first-order valence-corrected chi connectivity index (χ1v) is 8.31. The lowest BCUT2D eigenvalue weighted by Gasteiger charge is -2.16. The van der Waals surface area contributed by atoms with E-state index in [1.165, 1.54) is 12.0 Å². The molecule has 26 heavy (non-hydrogen) atoms. The van der Waals surface area contributed by atoms with Crippen molar-refractivity contribution in [3.63, 3.8) is 0 Å². The van der Waals surface area contributed by atoms with Gasteiger partial charge < -0.3 is 14.8 Å². The summed E-state index contributed by atoms with van der Waals surface area (Å²) < 4.78 is 10.3. The molecule has 0 spiro atoms. The third-order valence-corrected chi connectivity index (χ3v) is 3.78. The number of carbonyl (C=O) groups is 2. The predicted molar refractivity (Wildman–Crippen MR) is 102 cm³/mol. The van der Waals surface area contributed by atoms with Gasteiger partial charge in [0, 0.05) is 18.4 Å². The van der Waals surface area contributed by atoms with E-state index in [9.17, 15) is 9.59 Å². The van der Waals surface area contributed by atoms with Gasteiger partial charge in [0.1, 0.15) is 5.75 Å². The zero-order chi connectivity index (χ0) is 19.1. The quantitative estimate of drug-likeness (QED) is 0.852. The number of nitrogens with one attached hydrogen (secondary N) is 1. The average molecular weight is 356 g/mol. The van der Waals surface area contributed by atoms with Gasteiger partial charge >= 0.3 is 6.09 Å². The molecule has 2 aromatic carbocycles. The number of carbonyl (C=O) groups excluding carboxylic acids is 2. The van der Waals surface area contributed by atoms with Crippen molar-refractivity contribution in [1.82, 2.24) is 0 Å². The Balaban J connectivity index is 1.83. The summed E-state index contributed by atoms with van der Waals surface area (Å²) in [7, 11) is 2.94. The fourth-order valence-corrected chi connectivity index (χ4v) is 2.51. The minimum atomic E-state index is -0.453. The van der Waals surface area contributed by atoms with Crippen molar-refractivity contribution in [3.8, 4) is 5.75 Å². The van der Waals surface area contributed by atoms with E-state index < -0.39 is 6.09 Å². The van der Waals surface area contributed by atoms with E-state index in [0.29, 0.717) is 18.0 Å². The van der Waals surface area contributed by atoms with E-state index in [2.05, 4.69) is 16.1 Å². The Hall–Kier alpha value is -3.02. The predicted octanol–water partition coefficient (Wildman–Crippen LogP) is 3.91. The van der Waals surface area contributed by atoms with Gasteiger partial charge in [-0.3, -0.25) is 9.69 Å². The first kappa shape index (κ1) is 19.3. The number of amides is 2. The van der Waals surface area contributed by atoms with Crippen molar-refractivity contribution in [2.75, 3.05) is 31.0 Å². The molecule has 2 amide bonds. The van der Waals surface area contributed by atoms with Gasteiger partial charge in [-0.05, 0) is 61.4 Å². The standard InChI is InChI=1S/C20H24N2O4/c1-14-11-15(2)13-18(12-14)26-10-9-19(23)21-16-5-7-17(8-6-16)22(3)20(24)25-4/h5-8,11-13H,9-10H2,1-4H3,(H,21,23). The van der Waals surface area contributed by atoms with Crippen LogP contribution in [0, 0.1) is 13.8 Å². The lowest BCUT2D eigenvalue weighted by atomic mass is 10.1. The molecule has 0 fully saturated rings. The van der Waals surface area contributed by atoms with Gasteiger partial charge in [0.2, 0.25) is 5.91 Å². The largest absolute Gasteiger partial charge is 0.493 e. The summed E-state index contributed by atoms with van der Waals surface area (Å²) in [5, 5.41) is 2.81. The molecule has 6 nitrogen and oxygen atoms in total. The van der Waals surface area contributed by atoms with Crippen LogP contribution in [0.1, 0.15) is 17.5 Å². The molecule has 2 rings (SSSR count). The molecule has 6 heteroatoms. The zero-order valence-electron chi connectivity index (χ0n) is 15.5. The fraction of sp³-hybridized carbons (Fsp3) is 0.300. The molecule has 0 radical (unpaired) electrons. The molecule has 0 aromatic heterocycles. The van der Waals surface area contributed by atoms with Gasteiger partial charge in [-0.1, -0.05) is 6.07 Å². The molecule has 138 valence electrons. The van der Waals surface area contributed by atoms with Crippen molar-refractivity contribution >= 4 is 23.4 Å². The number of hydrogen-bond acceptors (Lipinski definition) is 4. The topological polar surface area (TPSA) is 67.9 Å². The Morgan fingerprint density at radius 1 is 1.04 bits per heavy atom. The van der Waals surface area contributed by atoms with Gasteiger partial charge in [-0.2, -0.15) is 0 Å². The van der Waals surface area contributed by atoms with E-state index in [-0.39, 0.29) is 12.3 Å². The van der Waals surface area contributed by atoms with Crippen LogP contribution in [-0.4, -0.2) is 32.8 Å². The van der Waals surface area contributed by atoms with E-state index in [0.717, 1.165) is 16.9 Å². The van der Waals surface area contributed by atoms with Gasteiger partial charge in [-0.25, -0.2) is 4.79 Å². The van der Waals surface area contributed by atoms with E-state index >= 15 is 0 Å². The average Bonchev–Trinajstić information content (AvgIpc) is 2.60. The van der Waals surface area contributed by atoms with E-state index in [1.54, 1.807) is 31.3 Å². The van der Waals surface area contributed by atoms with Crippen molar-refractivity contribution < 1.29 is 19.1 Å². The fourth-order valence-electron chi connectivity index (χ4n) is 2.51. The van der Waals surface area contributed by atoms with Gasteiger partial charge in [0.15, 0.2) is 0 Å². The Morgan fingerprint density at radius 2 is 1.65 bits per heavy atom. The smallest absolute Gasteiger partial charge is 0.413 e. The second kappa shape index (κ2) is 8.89. The van der Waals surface area contributed by atoms with E-state index in [4.69, 9.17) is 4.74 Å². The number of ether oxygens (including phenoxy) is 2. The van der Waals surface area contributed by atoms with Crippen LogP contribution in [0.2, 0.25) is 0 Å². The lowest BCUT2D eigenvalue weighted by Crippen LogP contribution is -2.25. The maximum absolute atomic E-state index is 12.0. The Morgan fingerprint density at radius 3 is 2.23 bits per heavy atom. The SMILES string of the molecule is COC(=O)N(C)c1ccc(NC(=O)CCOc2cc(C)cc(C)c2)cc1. The molecule has 0 unspecified atom stereocenters. The summed E-state index contributed by atoms with van der Waals surface area (Å²) >= 11 is 0. The van der Waals surface area contributed by atoms with E-state index in [1.807, 2.05) is 26.0 Å². The summed E-state index contributed by atoms with van der Waals surface area (Å²) in [6.07, 6.45) is -0.207. The molecule has 2 aromatic rings. The second-order valence-electron chi connectivity index (χ2n) is 6.05. The van der Waals surface area contributed by atoms with Gasteiger partial charge in [0.25, 0.3) is 0 Å². The Labute approximate surface area is 153 Å². The maximum Gasteiger partial charge on any atom is 0.413 e. The molecular formula is C20H24N2O4. The van der Waals surface area contributed by atoms with Crippen molar-refractivity contribution in [3.05, 3.63) is 53.6 Å². The number of nitrogens with zero attached hydrogens (tertiary/aromatic N) is 1. The van der Waals surface area contributed by atoms with Crippen molar-refractivity contribution in [1.29, 1.82) is 0 Å². The summed E-state index contributed by atoms with van der Waals surface area (Å²) in [4.78, 5) is 24.9. The molecule has 0 aliphatic heterocycles. The number of rotatable bonds is 6. The van der Waals surface area contributed by atoms with Crippen LogP contribution in [0.25, 0.3) is 0 Å². The minimum absolute atomic E-state index is 0.136. The first-order chi connectivity index (χ1) is 12.4. The number of hydrogen-bond donors (Lipinski definition) is 1. The molecule has 1 N–H and O–H groups in total. The Kier molecular flexibility index (Phi) is 6.60. The highest BCUT2D eigenvalue weighted by Crippen LogP contribution is 2.18. The van der Waals surface area contributed by atoms with Crippen molar-refractivity contribution in [2.45, 2.75) is 20.3 Å². The number of benzene rings is 2. The van der Waals surface area contributed by atoms with Crippen LogP contribution in [0.3, 0.4) is 0 Å². The molecule has 0 aliphatic carbocycles. The van der Waals surface area contributed by atoms with Crippen molar-refractivity contribution in [2.24, 2.45) is 0 Å². The summed E-state index contributed by atoms with van der Waals surface area (Å²) in [5.74, 6) is 0.633. The molecular weight excluding hydrogens is 332 g/mol. The third-order valence-electron chi connectivity index (χ3n) is 3.78. The van der Waals surface area contributed by atoms with Crippen LogP contribution in [-0.2, 0) is 9.53 Å². The summed E-state index contributed by atoms with van der Waals surface area (Å²) in [6.45, 7) is 4.32. The molecule has 0 saturated carbocycles. The summed E-state index contributed by atoms with van der Waals surface area (Å²) in [5.41, 5.74) is 3.58. The monoisotopic (exact) mass is 356 g/mol. The number of aryl methyl sites for hydroxylation is 2. The lowest BCUT2D eigenvalue weighted by molar-refractivity contribution is -0.116. The second-order valence-corrected chi connectivity index (χ2v) is 6.05. The molecule has 0 saturated heterocycles. The highest BCUT2D eigenvalue weighted by molar-refractivity contribution is 5.91. The summed E-state index contributed by atoms with van der Waals surface area (Å²) in [6, 6.07) is 12.9. The number of anilines is 2. The van der Waals surface area contributed by atoms with Gasteiger partial charge in [-0.15, -0.1) is 0 Å². The number of methoxy groups -OCH3 is 1. The van der Waals surface area contributed by atoms with Crippen LogP contribution in [0.5, 0.6) is 5.75 Å². The maximum atomic E-state index is 12.0. The highest BCUT2D eigenvalue weighted by Gasteiger charge is 2.10. The highest BCUT2D eigenvalue weighted by atomic mass is 16.5. The Bertz CT molecular complexity index is 752. The molecule has 0 aliphatic rings. The van der Waals surface area contributed by atoms with Gasteiger partial charge in [0.05, 0.1) is 20.1 Å².